The summed E-state index contributed by atoms with van der Waals surface area (Å²) in [7, 11) is 0. The van der Waals surface area contributed by atoms with Crippen LogP contribution in [0.4, 0.5) is 18.0 Å². The smallest absolute Gasteiger partial charge is 0.408 e. The lowest BCUT2D eigenvalue weighted by Gasteiger charge is -2.34. The number of amides is 1. The average Bonchev–Trinajstić information content (AvgIpc) is 3.29. The standard InChI is InChI=1S/C19H26F3NO3/c1-11(23-16(24)26-17(2,3)4)13-7-6-8-14(15(13)20)19(21,22)18(5,25)12-9-10-12/h6-8,11-12,25H,9-10H2,1-5H3,(H,23,24)/t11-,18?/m1/s1. The number of alkyl carbamates (subject to hydrolysis) is 1. The minimum Gasteiger partial charge on any atom is -0.444 e. The lowest BCUT2D eigenvalue weighted by atomic mass is 9.86. The maximum Gasteiger partial charge on any atom is 0.408 e. The van der Waals surface area contributed by atoms with E-state index in [2.05, 4.69) is 5.32 Å². The summed E-state index contributed by atoms with van der Waals surface area (Å²) in [5.74, 6) is -5.44. The zero-order valence-corrected chi connectivity index (χ0v) is 15.7. The highest BCUT2D eigenvalue weighted by molar-refractivity contribution is 5.68. The van der Waals surface area contributed by atoms with Gasteiger partial charge in [-0.3, -0.25) is 0 Å². The van der Waals surface area contributed by atoms with Crippen molar-refractivity contribution in [3.63, 3.8) is 0 Å². The molecule has 2 atom stereocenters. The van der Waals surface area contributed by atoms with E-state index in [1.807, 2.05) is 0 Å². The van der Waals surface area contributed by atoms with Gasteiger partial charge in [0.1, 0.15) is 17.0 Å². The number of carbonyl (C=O) groups is 1. The second-order valence-corrected chi connectivity index (χ2v) is 8.07. The monoisotopic (exact) mass is 373 g/mol. The molecule has 0 heterocycles. The van der Waals surface area contributed by atoms with Gasteiger partial charge in [0.2, 0.25) is 0 Å². The number of nitrogens with one attached hydrogen (secondary N) is 1. The molecule has 0 spiro atoms. The fourth-order valence-corrected chi connectivity index (χ4v) is 2.86. The number of hydrogen-bond donors (Lipinski definition) is 2. The topological polar surface area (TPSA) is 58.6 Å². The van der Waals surface area contributed by atoms with Crippen LogP contribution in [-0.2, 0) is 10.7 Å². The van der Waals surface area contributed by atoms with Gasteiger partial charge in [-0.25, -0.2) is 9.18 Å². The van der Waals surface area contributed by atoms with Crippen LogP contribution in [0.3, 0.4) is 0 Å². The quantitative estimate of drug-likeness (QED) is 0.789. The number of carbonyl (C=O) groups excluding carboxylic acids is 1. The third-order valence-corrected chi connectivity index (χ3v) is 4.57. The first-order valence-electron chi connectivity index (χ1n) is 8.66. The third-order valence-electron chi connectivity index (χ3n) is 4.57. The molecule has 146 valence electrons. The van der Waals surface area contributed by atoms with Gasteiger partial charge in [0, 0.05) is 5.56 Å². The van der Waals surface area contributed by atoms with Crippen molar-refractivity contribution < 1.29 is 27.8 Å². The van der Waals surface area contributed by atoms with E-state index < -0.39 is 46.6 Å². The number of aliphatic hydroxyl groups is 1. The van der Waals surface area contributed by atoms with Crippen molar-refractivity contribution in [2.24, 2.45) is 5.92 Å². The summed E-state index contributed by atoms with van der Waals surface area (Å²) < 4.78 is 49.6. The van der Waals surface area contributed by atoms with Gasteiger partial charge in [0.25, 0.3) is 0 Å². The molecule has 0 bridgehead atoms. The molecule has 1 aromatic carbocycles. The Bertz CT molecular complexity index is 679. The van der Waals surface area contributed by atoms with Crippen LogP contribution >= 0.6 is 0 Å². The molecule has 2 N–H and O–H groups in total. The molecule has 1 amide bonds. The van der Waals surface area contributed by atoms with Gasteiger partial charge in [-0.05, 0) is 59.4 Å². The van der Waals surface area contributed by atoms with Crippen molar-refractivity contribution in [3.8, 4) is 0 Å². The molecule has 2 rings (SSSR count). The van der Waals surface area contributed by atoms with Gasteiger partial charge >= 0.3 is 12.0 Å². The highest BCUT2D eigenvalue weighted by Gasteiger charge is 2.59. The van der Waals surface area contributed by atoms with Crippen LogP contribution in [0.25, 0.3) is 0 Å². The first kappa shape index (κ1) is 20.6. The Balaban J connectivity index is 2.27. The molecule has 1 aliphatic rings. The molecule has 1 unspecified atom stereocenters. The Morgan fingerprint density at radius 1 is 1.27 bits per heavy atom. The van der Waals surface area contributed by atoms with Crippen LogP contribution in [0.15, 0.2) is 18.2 Å². The van der Waals surface area contributed by atoms with Crippen molar-refractivity contribution in [1.29, 1.82) is 0 Å². The largest absolute Gasteiger partial charge is 0.444 e. The Hall–Kier alpha value is -1.76. The third kappa shape index (κ3) is 4.14. The van der Waals surface area contributed by atoms with E-state index in [0.717, 1.165) is 13.0 Å². The van der Waals surface area contributed by atoms with Crippen LogP contribution in [-0.4, -0.2) is 22.4 Å². The van der Waals surface area contributed by atoms with Crippen molar-refractivity contribution >= 4 is 6.09 Å². The number of rotatable bonds is 5. The van der Waals surface area contributed by atoms with Crippen LogP contribution < -0.4 is 5.32 Å². The number of alkyl halides is 2. The molecule has 0 aliphatic heterocycles. The molecule has 1 saturated carbocycles. The molecule has 1 aromatic rings. The lowest BCUT2D eigenvalue weighted by molar-refractivity contribution is -0.191. The molecule has 1 fully saturated rings. The van der Waals surface area contributed by atoms with Gasteiger partial charge in [0.05, 0.1) is 11.6 Å². The van der Waals surface area contributed by atoms with E-state index in [4.69, 9.17) is 4.74 Å². The van der Waals surface area contributed by atoms with Gasteiger partial charge in [-0.15, -0.1) is 0 Å². The van der Waals surface area contributed by atoms with E-state index in [1.54, 1.807) is 20.8 Å². The fraction of sp³-hybridized carbons (Fsp3) is 0.632. The summed E-state index contributed by atoms with van der Waals surface area (Å²) in [6, 6.07) is 2.70. The van der Waals surface area contributed by atoms with E-state index in [1.165, 1.54) is 19.1 Å². The van der Waals surface area contributed by atoms with Gasteiger partial charge in [-0.1, -0.05) is 12.1 Å². The van der Waals surface area contributed by atoms with Crippen molar-refractivity contribution in [1.82, 2.24) is 5.32 Å². The molecule has 0 aromatic heterocycles. The Kier molecular flexibility index (Phi) is 5.34. The minimum atomic E-state index is -3.75. The molecule has 1 aliphatic carbocycles. The van der Waals surface area contributed by atoms with E-state index in [-0.39, 0.29) is 5.56 Å². The molecule has 0 saturated heterocycles. The molecule has 7 heteroatoms. The fourth-order valence-electron chi connectivity index (χ4n) is 2.86. The maximum absolute atomic E-state index is 14.8. The van der Waals surface area contributed by atoms with Gasteiger partial charge in [0.15, 0.2) is 0 Å². The normalized spacial score (nSPS) is 18.8. The Morgan fingerprint density at radius 3 is 2.35 bits per heavy atom. The lowest BCUT2D eigenvalue weighted by Crippen LogP contribution is -2.46. The number of ether oxygens (including phenoxy) is 1. The van der Waals surface area contributed by atoms with E-state index in [0.29, 0.717) is 12.8 Å². The maximum atomic E-state index is 14.8. The van der Waals surface area contributed by atoms with Crippen LogP contribution in [0.2, 0.25) is 0 Å². The van der Waals surface area contributed by atoms with E-state index >= 15 is 0 Å². The predicted molar refractivity (Wildman–Crippen MR) is 91.4 cm³/mol. The summed E-state index contributed by atoms with van der Waals surface area (Å²) >= 11 is 0. The molecular weight excluding hydrogens is 347 g/mol. The summed E-state index contributed by atoms with van der Waals surface area (Å²) in [4.78, 5) is 11.8. The first-order valence-corrected chi connectivity index (χ1v) is 8.66. The highest BCUT2D eigenvalue weighted by atomic mass is 19.3. The number of hydrogen-bond acceptors (Lipinski definition) is 3. The molecule has 0 radical (unpaired) electrons. The van der Waals surface area contributed by atoms with Crippen molar-refractivity contribution in [3.05, 3.63) is 35.1 Å². The zero-order valence-electron chi connectivity index (χ0n) is 15.7. The highest BCUT2D eigenvalue weighted by Crippen LogP contribution is 2.52. The average molecular weight is 373 g/mol. The second-order valence-electron chi connectivity index (χ2n) is 8.07. The summed E-state index contributed by atoms with van der Waals surface area (Å²) in [5, 5.41) is 12.7. The van der Waals surface area contributed by atoms with E-state index in [9.17, 15) is 23.1 Å². The predicted octanol–water partition coefficient (Wildman–Crippen LogP) is 4.66. The number of halogens is 3. The van der Waals surface area contributed by atoms with Gasteiger partial charge < -0.3 is 15.2 Å². The summed E-state index contributed by atoms with van der Waals surface area (Å²) in [6.45, 7) is 7.55. The van der Waals surface area contributed by atoms with Crippen LogP contribution in [0.1, 0.15) is 64.6 Å². The van der Waals surface area contributed by atoms with Crippen LogP contribution in [0.5, 0.6) is 0 Å². The van der Waals surface area contributed by atoms with Crippen molar-refractivity contribution in [2.45, 2.75) is 70.6 Å². The zero-order chi connectivity index (χ0) is 19.9. The molecular formula is C19H26F3NO3. The SMILES string of the molecule is C[C@@H](NC(=O)OC(C)(C)C)c1cccc(C(F)(F)C(C)(O)C2CC2)c1F. The van der Waals surface area contributed by atoms with Crippen molar-refractivity contribution in [2.75, 3.05) is 0 Å². The minimum absolute atomic E-state index is 0.0976. The van der Waals surface area contributed by atoms with Gasteiger partial charge in [-0.2, -0.15) is 8.78 Å². The summed E-state index contributed by atoms with van der Waals surface area (Å²) in [5.41, 5.74) is -4.03. The molecule has 26 heavy (non-hydrogen) atoms. The Morgan fingerprint density at radius 2 is 1.85 bits per heavy atom. The summed E-state index contributed by atoms with van der Waals surface area (Å²) in [6.07, 6.45) is 0.201. The second kappa shape index (κ2) is 6.76. The molecule has 4 nitrogen and oxygen atoms in total. The number of benzene rings is 1. The van der Waals surface area contributed by atoms with Crippen LogP contribution in [0, 0.1) is 11.7 Å². The Labute approximate surface area is 151 Å². The first-order chi connectivity index (χ1) is 11.8.